The van der Waals surface area contributed by atoms with E-state index >= 15 is 0 Å². The number of nitrogens with one attached hydrogen (secondary N) is 1. The summed E-state index contributed by atoms with van der Waals surface area (Å²) >= 11 is 0. The second kappa shape index (κ2) is 7.36. The van der Waals surface area contributed by atoms with E-state index in [-0.39, 0.29) is 11.8 Å². The van der Waals surface area contributed by atoms with E-state index in [0.29, 0.717) is 18.5 Å². The zero-order valence-corrected chi connectivity index (χ0v) is 11.6. The molecule has 0 saturated heterocycles. The summed E-state index contributed by atoms with van der Waals surface area (Å²) in [5.41, 5.74) is 0.978. The van der Waals surface area contributed by atoms with Gasteiger partial charge in [-0.15, -0.1) is 0 Å². The van der Waals surface area contributed by atoms with E-state index in [1.165, 1.54) is 6.08 Å². The van der Waals surface area contributed by atoms with Crippen LogP contribution in [0.3, 0.4) is 0 Å². The third-order valence-corrected chi connectivity index (χ3v) is 2.89. The summed E-state index contributed by atoms with van der Waals surface area (Å²) < 4.78 is 0. The Morgan fingerprint density at radius 1 is 1.32 bits per heavy atom. The van der Waals surface area contributed by atoms with Crippen LogP contribution in [0.4, 0.5) is 0 Å². The average molecular weight is 260 g/mol. The van der Waals surface area contributed by atoms with E-state index in [9.17, 15) is 9.59 Å². The molecule has 0 fully saturated rings. The molecule has 1 unspecified atom stereocenters. The molecule has 0 saturated carbocycles. The molecule has 1 rings (SSSR count). The Hall–Kier alpha value is -2.10. The van der Waals surface area contributed by atoms with Crippen LogP contribution in [0.2, 0.25) is 0 Å². The van der Waals surface area contributed by atoms with E-state index in [4.69, 9.17) is 0 Å². The topological polar surface area (TPSA) is 49.4 Å². The number of nitrogens with zero attached hydrogens (tertiary/aromatic N) is 1. The van der Waals surface area contributed by atoms with Crippen LogP contribution in [-0.2, 0) is 9.59 Å². The molecular formula is C15H20N2O2. The molecule has 4 nitrogen and oxygen atoms in total. The summed E-state index contributed by atoms with van der Waals surface area (Å²) in [6.07, 6.45) is 2.71. The lowest BCUT2D eigenvalue weighted by molar-refractivity contribution is -0.122. The number of allylic oxidation sites excluding steroid dienone is 1. The largest absolute Gasteiger partial charge is 0.364 e. The van der Waals surface area contributed by atoms with Crippen LogP contribution in [0.5, 0.6) is 0 Å². The van der Waals surface area contributed by atoms with Crippen molar-refractivity contribution in [2.24, 2.45) is 0 Å². The summed E-state index contributed by atoms with van der Waals surface area (Å²) in [4.78, 5) is 24.5. The van der Waals surface area contributed by atoms with Crippen LogP contribution in [0.15, 0.2) is 42.2 Å². The van der Waals surface area contributed by atoms with Crippen molar-refractivity contribution in [3.8, 4) is 0 Å². The quantitative estimate of drug-likeness (QED) is 0.628. The lowest BCUT2D eigenvalue weighted by atomic mass is 9.96. The third kappa shape index (κ3) is 4.25. The first kappa shape index (κ1) is 15.0. The fourth-order valence-corrected chi connectivity index (χ4v) is 1.84. The van der Waals surface area contributed by atoms with Crippen molar-refractivity contribution in [1.29, 1.82) is 0 Å². The Labute approximate surface area is 114 Å². The molecule has 102 valence electrons. The molecule has 19 heavy (non-hydrogen) atoms. The second-order valence-electron chi connectivity index (χ2n) is 4.44. The molecule has 0 aliphatic carbocycles. The Bertz CT molecular complexity index is 452. The second-order valence-corrected chi connectivity index (χ2v) is 4.44. The number of carbonyl (C=O) groups is 2. The molecule has 0 spiro atoms. The summed E-state index contributed by atoms with van der Waals surface area (Å²) in [6, 6.07) is 9.63. The SMILES string of the molecule is CCC(C(=O)NC(=CC=O)N(C)C)c1ccccc1. The van der Waals surface area contributed by atoms with Gasteiger partial charge in [-0.25, -0.2) is 0 Å². The molecule has 4 heteroatoms. The maximum absolute atomic E-state index is 12.3. The van der Waals surface area contributed by atoms with E-state index < -0.39 is 0 Å². The van der Waals surface area contributed by atoms with Crippen molar-refractivity contribution >= 4 is 12.2 Å². The van der Waals surface area contributed by atoms with Crippen molar-refractivity contribution in [2.45, 2.75) is 19.3 Å². The van der Waals surface area contributed by atoms with Gasteiger partial charge in [0.1, 0.15) is 12.1 Å². The van der Waals surface area contributed by atoms with Gasteiger partial charge in [0.25, 0.3) is 0 Å². The van der Waals surface area contributed by atoms with Crippen molar-refractivity contribution < 1.29 is 9.59 Å². The smallest absolute Gasteiger partial charge is 0.233 e. The molecule has 0 aromatic heterocycles. The van der Waals surface area contributed by atoms with Crippen LogP contribution in [0, 0.1) is 0 Å². The zero-order chi connectivity index (χ0) is 14.3. The van der Waals surface area contributed by atoms with Gasteiger partial charge in [-0.05, 0) is 12.0 Å². The number of rotatable bonds is 6. The predicted molar refractivity (Wildman–Crippen MR) is 75.5 cm³/mol. The Morgan fingerprint density at radius 3 is 2.42 bits per heavy atom. The summed E-state index contributed by atoms with van der Waals surface area (Å²) in [6.45, 7) is 1.97. The molecule has 1 aromatic rings. The lowest BCUT2D eigenvalue weighted by Gasteiger charge is -2.21. The maximum Gasteiger partial charge on any atom is 0.233 e. The number of amides is 1. The van der Waals surface area contributed by atoms with E-state index in [1.807, 2.05) is 37.3 Å². The molecule has 0 bridgehead atoms. The molecule has 1 atom stereocenters. The average Bonchev–Trinajstić information content (AvgIpc) is 2.40. The van der Waals surface area contributed by atoms with E-state index in [2.05, 4.69) is 5.32 Å². The highest BCUT2D eigenvalue weighted by molar-refractivity contribution is 5.85. The third-order valence-electron chi connectivity index (χ3n) is 2.89. The van der Waals surface area contributed by atoms with Gasteiger partial charge in [0.2, 0.25) is 5.91 Å². The minimum absolute atomic E-state index is 0.101. The van der Waals surface area contributed by atoms with E-state index in [1.54, 1.807) is 19.0 Å². The normalized spacial score (nSPS) is 12.7. The van der Waals surface area contributed by atoms with Crippen LogP contribution < -0.4 is 5.32 Å². The Kier molecular flexibility index (Phi) is 5.79. The number of benzene rings is 1. The monoisotopic (exact) mass is 260 g/mol. The number of carbonyl (C=O) groups excluding carboxylic acids is 2. The van der Waals surface area contributed by atoms with Crippen molar-refractivity contribution in [2.75, 3.05) is 14.1 Å². The number of hydrogen-bond acceptors (Lipinski definition) is 3. The lowest BCUT2D eigenvalue weighted by Crippen LogP contribution is -2.34. The van der Waals surface area contributed by atoms with Crippen LogP contribution in [0.25, 0.3) is 0 Å². The Balaban J connectivity index is 2.86. The van der Waals surface area contributed by atoms with Gasteiger partial charge in [0.15, 0.2) is 0 Å². The predicted octanol–water partition coefficient (Wildman–Crippen LogP) is 1.90. The van der Waals surface area contributed by atoms with Gasteiger partial charge in [-0.3, -0.25) is 9.59 Å². The van der Waals surface area contributed by atoms with Crippen LogP contribution in [0.1, 0.15) is 24.8 Å². The van der Waals surface area contributed by atoms with Gasteiger partial charge >= 0.3 is 0 Å². The standard InChI is InChI=1S/C15H20N2O2/c1-4-13(12-8-6-5-7-9-12)15(19)16-14(10-11-18)17(2)3/h5-11,13H,4H2,1-3H3,(H,16,19). The number of aldehydes is 1. The first-order valence-corrected chi connectivity index (χ1v) is 6.28. The number of hydrogen-bond donors (Lipinski definition) is 1. The van der Waals surface area contributed by atoms with Gasteiger partial charge < -0.3 is 10.2 Å². The summed E-state index contributed by atoms with van der Waals surface area (Å²) in [5, 5.41) is 2.78. The maximum atomic E-state index is 12.3. The van der Waals surface area contributed by atoms with E-state index in [0.717, 1.165) is 5.56 Å². The van der Waals surface area contributed by atoms with Crippen molar-refractivity contribution in [1.82, 2.24) is 10.2 Å². The highest BCUT2D eigenvalue weighted by Gasteiger charge is 2.19. The van der Waals surface area contributed by atoms with Crippen molar-refractivity contribution in [3.63, 3.8) is 0 Å². The molecular weight excluding hydrogens is 240 g/mol. The summed E-state index contributed by atoms with van der Waals surface area (Å²) in [7, 11) is 3.55. The minimum atomic E-state index is -0.212. The first-order valence-electron chi connectivity index (χ1n) is 6.28. The van der Waals surface area contributed by atoms with Gasteiger partial charge in [-0.1, -0.05) is 37.3 Å². The van der Waals surface area contributed by atoms with Crippen LogP contribution >= 0.6 is 0 Å². The molecule has 0 aliphatic heterocycles. The highest BCUT2D eigenvalue weighted by atomic mass is 16.2. The minimum Gasteiger partial charge on any atom is -0.364 e. The fraction of sp³-hybridized carbons (Fsp3) is 0.333. The highest BCUT2D eigenvalue weighted by Crippen LogP contribution is 2.19. The van der Waals surface area contributed by atoms with Gasteiger partial charge in [0.05, 0.1) is 5.92 Å². The Morgan fingerprint density at radius 2 is 1.95 bits per heavy atom. The molecule has 1 aromatic carbocycles. The zero-order valence-electron chi connectivity index (χ0n) is 11.6. The summed E-state index contributed by atoms with van der Waals surface area (Å²) in [5.74, 6) is 0.182. The molecule has 0 heterocycles. The molecule has 1 amide bonds. The van der Waals surface area contributed by atoms with Gasteiger partial charge in [-0.2, -0.15) is 0 Å². The fourth-order valence-electron chi connectivity index (χ4n) is 1.84. The van der Waals surface area contributed by atoms with Gasteiger partial charge in [0, 0.05) is 20.2 Å². The molecule has 1 N–H and O–H groups in total. The van der Waals surface area contributed by atoms with Crippen LogP contribution in [-0.4, -0.2) is 31.2 Å². The molecule has 0 aliphatic rings. The first-order chi connectivity index (χ1) is 9.10. The van der Waals surface area contributed by atoms with Crippen molar-refractivity contribution in [3.05, 3.63) is 47.8 Å². The molecule has 0 radical (unpaired) electrons.